The molecule has 2 fully saturated rings. The maximum Gasteiger partial charge on any atom is 0.407 e. The minimum absolute atomic E-state index is 0.0363. The van der Waals surface area contributed by atoms with Crippen LogP contribution in [0.3, 0.4) is 0 Å². The number of pyridine rings is 1. The highest BCUT2D eigenvalue weighted by molar-refractivity contribution is 5.81. The van der Waals surface area contributed by atoms with Crippen LogP contribution in [0.5, 0.6) is 0 Å². The number of hydrogen-bond donors (Lipinski definition) is 1. The van der Waals surface area contributed by atoms with Gasteiger partial charge in [0.25, 0.3) is 5.56 Å². The molecule has 2 heterocycles. The third-order valence-corrected chi connectivity index (χ3v) is 8.60. The molecule has 1 aromatic heterocycles. The average Bonchev–Trinajstić information content (AvgIpc) is 2.88. The molecule has 1 aliphatic carbocycles. The van der Waals surface area contributed by atoms with E-state index in [0.717, 1.165) is 55.8 Å². The van der Waals surface area contributed by atoms with Crippen molar-refractivity contribution in [3.8, 4) is 0 Å². The third-order valence-electron chi connectivity index (χ3n) is 8.60. The van der Waals surface area contributed by atoms with Crippen LogP contribution in [-0.2, 0) is 18.4 Å². The Labute approximate surface area is 220 Å². The minimum Gasteiger partial charge on any atom is -0.465 e. The van der Waals surface area contributed by atoms with Gasteiger partial charge in [-0.2, -0.15) is 0 Å². The predicted molar refractivity (Wildman–Crippen MR) is 146 cm³/mol. The van der Waals surface area contributed by atoms with Crippen LogP contribution in [0.1, 0.15) is 77.7 Å². The number of rotatable bonds is 6. The van der Waals surface area contributed by atoms with Gasteiger partial charge < -0.3 is 19.5 Å². The first-order valence-corrected chi connectivity index (χ1v) is 13.9. The van der Waals surface area contributed by atoms with E-state index in [1.165, 1.54) is 6.42 Å². The molecule has 7 heteroatoms. The van der Waals surface area contributed by atoms with Crippen molar-refractivity contribution in [2.24, 2.45) is 24.3 Å². The molecule has 4 rings (SSSR count). The molecule has 2 unspecified atom stereocenters. The Morgan fingerprint density at radius 1 is 1.08 bits per heavy atom. The van der Waals surface area contributed by atoms with E-state index in [1.807, 2.05) is 35.2 Å². The molecule has 1 saturated carbocycles. The Morgan fingerprint density at radius 3 is 2.46 bits per heavy atom. The van der Waals surface area contributed by atoms with E-state index < -0.39 is 6.09 Å². The molecular formula is C30H43N3O4. The van der Waals surface area contributed by atoms with E-state index in [1.54, 1.807) is 16.5 Å². The van der Waals surface area contributed by atoms with Crippen molar-refractivity contribution in [3.63, 3.8) is 0 Å². The summed E-state index contributed by atoms with van der Waals surface area (Å²) in [5.74, 6) is 0.556. The van der Waals surface area contributed by atoms with E-state index in [-0.39, 0.29) is 28.8 Å². The van der Waals surface area contributed by atoms with Gasteiger partial charge in [0.15, 0.2) is 0 Å². The lowest BCUT2D eigenvalue weighted by molar-refractivity contribution is -0.137. The zero-order chi connectivity index (χ0) is 26.7. The van der Waals surface area contributed by atoms with Crippen LogP contribution in [0.15, 0.2) is 35.1 Å². The van der Waals surface area contributed by atoms with Crippen LogP contribution in [-0.4, -0.2) is 50.6 Å². The van der Waals surface area contributed by atoms with E-state index in [4.69, 9.17) is 0 Å². The van der Waals surface area contributed by atoms with Crippen LogP contribution in [0.2, 0.25) is 0 Å². The fourth-order valence-electron chi connectivity index (χ4n) is 6.37. The molecule has 2 atom stereocenters. The van der Waals surface area contributed by atoms with Gasteiger partial charge in [-0.05, 0) is 61.0 Å². The fraction of sp³-hybridized carbons (Fsp3) is 0.633. The monoisotopic (exact) mass is 509 g/mol. The largest absolute Gasteiger partial charge is 0.465 e. The summed E-state index contributed by atoms with van der Waals surface area (Å²) in [6.45, 7) is 7.76. The first-order chi connectivity index (χ1) is 17.6. The van der Waals surface area contributed by atoms with Crippen LogP contribution in [0, 0.1) is 17.3 Å². The summed E-state index contributed by atoms with van der Waals surface area (Å²) in [6.07, 6.45) is 6.80. The van der Waals surface area contributed by atoms with Gasteiger partial charge in [-0.15, -0.1) is 0 Å². The molecule has 2 aliphatic rings. The Balaban J connectivity index is 1.55. The minimum atomic E-state index is -0.848. The number of aromatic nitrogens is 1. The van der Waals surface area contributed by atoms with Gasteiger partial charge in [0, 0.05) is 37.7 Å². The molecule has 0 spiro atoms. The van der Waals surface area contributed by atoms with Crippen LogP contribution in [0.4, 0.5) is 4.79 Å². The summed E-state index contributed by atoms with van der Waals surface area (Å²) in [6, 6.07) is 9.76. The number of piperidine rings is 1. The molecule has 37 heavy (non-hydrogen) atoms. The predicted octanol–water partition coefficient (Wildman–Crippen LogP) is 5.64. The zero-order valence-corrected chi connectivity index (χ0v) is 22.9. The van der Waals surface area contributed by atoms with Crippen molar-refractivity contribution in [2.75, 3.05) is 13.1 Å². The average molecular weight is 510 g/mol. The molecule has 202 valence electrons. The first kappa shape index (κ1) is 27.2. The highest BCUT2D eigenvalue weighted by Crippen LogP contribution is 2.36. The second kappa shape index (κ2) is 11.3. The van der Waals surface area contributed by atoms with Gasteiger partial charge in [-0.3, -0.25) is 9.59 Å². The van der Waals surface area contributed by atoms with Crippen LogP contribution < -0.4 is 5.56 Å². The molecule has 1 N–H and O–H groups in total. The summed E-state index contributed by atoms with van der Waals surface area (Å²) in [5, 5.41) is 10.7. The van der Waals surface area contributed by atoms with Gasteiger partial charge in [0.2, 0.25) is 5.91 Å². The Hall–Kier alpha value is -2.83. The number of likely N-dealkylation sites (tertiary alicyclic amines) is 1. The lowest BCUT2D eigenvalue weighted by Gasteiger charge is -2.45. The van der Waals surface area contributed by atoms with E-state index in [9.17, 15) is 19.5 Å². The molecule has 2 amide bonds. The Kier molecular flexibility index (Phi) is 8.29. The van der Waals surface area contributed by atoms with Crippen molar-refractivity contribution in [2.45, 2.75) is 84.7 Å². The number of fused-ring (bicyclic) bond motifs is 1. The van der Waals surface area contributed by atoms with Crippen molar-refractivity contribution < 1.29 is 14.7 Å². The van der Waals surface area contributed by atoms with E-state index in [0.29, 0.717) is 31.1 Å². The van der Waals surface area contributed by atoms with E-state index in [2.05, 4.69) is 20.8 Å². The topological polar surface area (TPSA) is 82.8 Å². The van der Waals surface area contributed by atoms with Crippen molar-refractivity contribution in [1.82, 2.24) is 14.4 Å². The van der Waals surface area contributed by atoms with Gasteiger partial charge in [0.1, 0.15) is 0 Å². The highest BCUT2D eigenvalue weighted by Gasteiger charge is 2.39. The number of para-hydroxylation sites is 1. The molecule has 1 aromatic carbocycles. The molecule has 1 saturated heterocycles. The number of carbonyl (C=O) groups excluding carboxylic acids is 1. The standard InChI is InChI=1S/C30H43N3O4/c1-30(2,3)26-18-21(15-17-33(26)29(36)37)14-16-32(28(35)22-10-6-5-7-11-22)20-24-19-23-12-8-9-13-25(23)31(4)27(24)34/h8-9,12-13,19,21-22,26H,5-7,10-11,14-18,20H2,1-4H3,(H,36,37). The molecule has 0 radical (unpaired) electrons. The highest BCUT2D eigenvalue weighted by atomic mass is 16.4. The molecular weight excluding hydrogens is 466 g/mol. The number of carbonyl (C=O) groups is 2. The number of amides is 2. The summed E-state index contributed by atoms with van der Waals surface area (Å²) in [7, 11) is 1.80. The Bertz CT molecular complexity index is 1180. The van der Waals surface area contributed by atoms with Crippen molar-refractivity contribution >= 4 is 22.9 Å². The quantitative estimate of drug-likeness (QED) is 0.546. The van der Waals surface area contributed by atoms with Crippen molar-refractivity contribution in [3.05, 3.63) is 46.2 Å². The van der Waals surface area contributed by atoms with Gasteiger partial charge in [-0.1, -0.05) is 58.2 Å². The third kappa shape index (κ3) is 6.19. The number of hydrogen-bond acceptors (Lipinski definition) is 3. The maximum atomic E-state index is 13.7. The first-order valence-electron chi connectivity index (χ1n) is 13.9. The number of aryl methyl sites for hydroxylation is 1. The van der Waals surface area contributed by atoms with Gasteiger partial charge >= 0.3 is 6.09 Å². The summed E-state index contributed by atoms with van der Waals surface area (Å²) in [5.41, 5.74) is 1.34. The lowest BCUT2D eigenvalue weighted by atomic mass is 9.76. The smallest absolute Gasteiger partial charge is 0.407 e. The molecule has 0 bridgehead atoms. The zero-order valence-electron chi connectivity index (χ0n) is 22.9. The summed E-state index contributed by atoms with van der Waals surface area (Å²) >= 11 is 0. The number of carboxylic acid groups (broad SMARTS) is 1. The van der Waals surface area contributed by atoms with Gasteiger partial charge in [-0.25, -0.2) is 4.79 Å². The van der Waals surface area contributed by atoms with Gasteiger partial charge in [0.05, 0.1) is 12.1 Å². The summed E-state index contributed by atoms with van der Waals surface area (Å²) < 4.78 is 1.68. The molecule has 7 nitrogen and oxygen atoms in total. The second-order valence-corrected chi connectivity index (χ2v) is 12.2. The van der Waals surface area contributed by atoms with Crippen molar-refractivity contribution in [1.29, 1.82) is 0 Å². The second-order valence-electron chi connectivity index (χ2n) is 12.2. The SMILES string of the molecule is Cn1c(=O)c(CN(CCC2CCN(C(=O)O)C(C(C)(C)C)C2)C(=O)C2CCCCC2)cc2ccccc21. The summed E-state index contributed by atoms with van der Waals surface area (Å²) in [4.78, 5) is 42.3. The van der Waals surface area contributed by atoms with E-state index >= 15 is 0 Å². The molecule has 1 aliphatic heterocycles. The Morgan fingerprint density at radius 2 is 1.78 bits per heavy atom. The maximum absolute atomic E-state index is 13.7. The number of benzene rings is 1. The molecule has 2 aromatic rings. The van der Waals surface area contributed by atoms with Crippen LogP contribution in [0.25, 0.3) is 10.9 Å². The number of nitrogens with zero attached hydrogens (tertiary/aromatic N) is 3. The lowest BCUT2D eigenvalue weighted by Crippen LogP contribution is -2.52. The van der Waals surface area contributed by atoms with Crippen LogP contribution >= 0.6 is 0 Å². The fourth-order valence-corrected chi connectivity index (χ4v) is 6.37. The normalized spacial score (nSPS) is 21.2.